The molecule has 3 N–H and O–H groups in total. The second-order valence-corrected chi connectivity index (χ2v) is 2.81. The molecule has 12 heavy (non-hydrogen) atoms. The van der Waals surface area contributed by atoms with E-state index in [1.165, 1.54) is 11.8 Å². The standard InChI is InChI=1S/C6H11N5S/c1-3-8-5-9-4(7)10-6(11-5)12-2/h3H2,1-2H3,(H3,7,8,9,10,11). The first kappa shape index (κ1) is 9.05. The minimum Gasteiger partial charge on any atom is -0.368 e. The summed E-state index contributed by atoms with van der Waals surface area (Å²) in [4.78, 5) is 11.9. The van der Waals surface area contributed by atoms with Gasteiger partial charge in [-0.05, 0) is 13.2 Å². The lowest BCUT2D eigenvalue weighted by molar-refractivity contribution is 0.912. The summed E-state index contributed by atoms with van der Waals surface area (Å²) < 4.78 is 0. The van der Waals surface area contributed by atoms with E-state index in [1.807, 2.05) is 13.2 Å². The molecule has 1 aromatic rings. The second kappa shape index (κ2) is 4.10. The largest absolute Gasteiger partial charge is 0.368 e. The van der Waals surface area contributed by atoms with E-state index in [0.29, 0.717) is 11.1 Å². The van der Waals surface area contributed by atoms with E-state index >= 15 is 0 Å². The molecular weight excluding hydrogens is 174 g/mol. The SMILES string of the molecule is CCNc1nc(N)nc(SC)n1. The van der Waals surface area contributed by atoms with Crippen molar-refractivity contribution >= 4 is 23.7 Å². The number of thioether (sulfide) groups is 1. The molecule has 0 atom stereocenters. The highest BCUT2D eigenvalue weighted by Crippen LogP contribution is 2.11. The quantitative estimate of drug-likeness (QED) is 0.672. The lowest BCUT2D eigenvalue weighted by atomic mass is 10.7. The topological polar surface area (TPSA) is 76.7 Å². The maximum absolute atomic E-state index is 5.45. The van der Waals surface area contributed by atoms with Crippen LogP contribution in [0.3, 0.4) is 0 Å². The molecule has 0 aliphatic carbocycles. The van der Waals surface area contributed by atoms with Crippen LogP contribution >= 0.6 is 11.8 Å². The van der Waals surface area contributed by atoms with Crippen molar-refractivity contribution in [3.05, 3.63) is 0 Å². The van der Waals surface area contributed by atoms with Crippen molar-refractivity contribution in [2.45, 2.75) is 12.1 Å². The van der Waals surface area contributed by atoms with Gasteiger partial charge in [-0.25, -0.2) is 0 Å². The van der Waals surface area contributed by atoms with Crippen molar-refractivity contribution in [3.8, 4) is 0 Å². The molecule has 1 aromatic heterocycles. The van der Waals surface area contributed by atoms with Crippen LogP contribution in [-0.4, -0.2) is 27.8 Å². The third-order valence-electron chi connectivity index (χ3n) is 1.15. The molecule has 0 bridgehead atoms. The van der Waals surface area contributed by atoms with E-state index < -0.39 is 0 Å². The minimum atomic E-state index is 0.255. The van der Waals surface area contributed by atoms with Crippen LogP contribution in [-0.2, 0) is 0 Å². The highest BCUT2D eigenvalue weighted by molar-refractivity contribution is 7.98. The Morgan fingerprint density at radius 3 is 2.75 bits per heavy atom. The molecule has 6 heteroatoms. The van der Waals surface area contributed by atoms with Crippen LogP contribution in [0.4, 0.5) is 11.9 Å². The van der Waals surface area contributed by atoms with Crippen LogP contribution in [0, 0.1) is 0 Å². The Balaban J connectivity index is 2.90. The van der Waals surface area contributed by atoms with Crippen LogP contribution in [0.5, 0.6) is 0 Å². The van der Waals surface area contributed by atoms with E-state index in [0.717, 1.165) is 6.54 Å². The highest BCUT2D eigenvalue weighted by atomic mass is 32.2. The summed E-state index contributed by atoms with van der Waals surface area (Å²) in [5.74, 6) is 0.791. The summed E-state index contributed by atoms with van der Waals surface area (Å²) in [6.07, 6.45) is 1.89. The second-order valence-electron chi connectivity index (χ2n) is 2.03. The zero-order valence-corrected chi connectivity index (χ0v) is 7.85. The van der Waals surface area contributed by atoms with Crippen LogP contribution < -0.4 is 11.1 Å². The number of nitrogen functional groups attached to an aromatic ring is 1. The fourth-order valence-corrected chi connectivity index (χ4v) is 1.06. The number of nitrogens with zero attached hydrogens (tertiary/aromatic N) is 3. The Morgan fingerprint density at radius 1 is 1.42 bits per heavy atom. The minimum absolute atomic E-state index is 0.255. The monoisotopic (exact) mass is 185 g/mol. The van der Waals surface area contributed by atoms with Gasteiger partial charge in [-0.3, -0.25) is 0 Å². The molecule has 0 aliphatic heterocycles. The summed E-state index contributed by atoms with van der Waals surface area (Å²) in [6, 6.07) is 0. The molecular formula is C6H11N5S. The van der Waals surface area contributed by atoms with E-state index in [9.17, 15) is 0 Å². The normalized spacial score (nSPS) is 9.83. The maximum Gasteiger partial charge on any atom is 0.228 e. The van der Waals surface area contributed by atoms with Gasteiger partial charge in [0.2, 0.25) is 11.9 Å². The van der Waals surface area contributed by atoms with Crippen LogP contribution in [0.1, 0.15) is 6.92 Å². The summed E-state index contributed by atoms with van der Waals surface area (Å²) in [5.41, 5.74) is 5.45. The molecule has 0 amide bonds. The zero-order chi connectivity index (χ0) is 8.97. The van der Waals surface area contributed by atoms with Gasteiger partial charge in [-0.2, -0.15) is 15.0 Å². The Hall–Kier alpha value is -1.04. The van der Waals surface area contributed by atoms with Crippen molar-refractivity contribution in [3.63, 3.8) is 0 Å². The van der Waals surface area contributed by atoms with Crippen molar-refractivity contribution in [2.24, 2.45) is 0 Å². The van der Waals surface area contributed by atoms with E-state index in [2.05, 4.69) is 20.3 Å². The van der Waals surface area contributed by atoms with Crippen LogP contribution in [0.15, 0.2) is 5.16 Å². The average molecular weight is 185 g/mol. The van der Waals surface area contributed by atoms with Crippen molar-refractivity contribution < 1.29 is 0 Å². The van der Waals surface area contributed by atoms with Gasteiger partial charge < -0.3 is 11.1 Å². The molecule has 0 saturated heterocycles. The number of nitrogens with two attached hydrogens (primary N) is 1. The summed E-state index contributed by atoms with van der Waals surface area (Å²) in [5, 5.41) is 3.60. The fraction of sp³-hybridized carbons (Fsp3) is 0.500. The van der Waals surface area contributed by atoms with Gasteiger partial charge in [-0.1, -0.05) is 11.8 Å². The van der Waals surface area contributed by atoms with Gasteiger partial charge >= 0.3 is 0 Å². The van der Waals surface area contributed by atoms with Crippen molar-refractivity contribution in [1.82, 2.24) is 15.0 Å². The van der Waals surface area contributed by atoms with Gasteiger partial charge in [0, 0.05) is 6.54 Å². The predicted octanol–water partition coefficient (Wildman–Crippen LogP) is 0.607. The molecule has 0 aliphatic rings. The molecule has 1 heterocycles. The summed E-state index contributed by atoms with van der Waals surface area (Å²) >= 11 is 1.44. The number of hydrogen-bond acceptors (Lipinski definition) is 6. The van der Waals surface area contributed by atoms with Gasteiger partial charge in [0.15, 0.2) is 5.16 Å². The summed E-state index contributed by atoms with van der Waals surface area (Å²) in [7, 11) is 0. The van der Waals surface area contributed by atoms with Crippen molar-refractivity contribution in [1.29, 1.82) is 0 Å². The average Bonchev–Trinajstić information content (AvgIpc) is 2.04. The number of anilines is 2. The van der Waals surface area contributed by atoms with Crippen molar-refractivity contribution in [2.75, 3.05) is 23.9 Å². The predicted molar refractivity (Wildman–Crippen MR) is 50.2 cm³/mol. The summed E-state index contributed by atoms with van der Waals surface area (Å²) in [6.45, 7) is 2.75. The molecule has 0 spiro atoms. The molecule has 66 valence electrons. The smallest absolute Gasteiger partial charge is 0.228 e. The molecule has 5 nitrogen and oxygen atoms in total. The zero-order valence-electron chi connectivity index (χ0n) is 7.03. The molecule has 0 fully saturated rings. The van der Waals surface area contributed by atoms with Gasteiger partial charge in [0.05, 0.1) is 0 Å². The van der Waals surface area contributed by atoms with Gasteiger partial charge in [-0.15, -0.1) is 0 Å². The van der Waals surface area contributed by atoms with Crippen LogP contribution in [0.25, 0.3) is 0 Å². The Bertz CT molecular complexity index is 264. The first-order valence-corrected chi connectivity index (χ1v) is 4.78. The number of hydrogen-bond donors (Lipinski definition) is 2. The molecule has 0 unspecified atom stereocenters. The highest BCUT2D eigenvalue weighted by Gasteiger charge is 2.00. The van der Waals surface area contributed by atoms with E-state index in [4.69, 9.17) is 5.73 Å². The first-order valence-electron chi connectivity index (χ1n) is 3.55. The molecule has 0 aromatic carbocycles. The van der Waals surface area contributed by atoms with E-state index in [-0.39, 0.29) is 5.95 Å². The third kappa shape index (κ3) is 2.23. The molecule has 0 saturated carbocycles. The lowest BCUT2D eigenvalue weighted by Crippen LogP contribution is -2.06. The number of nitrogens with one attached hydrogen (secondary N) is 1. The van der Waals surface area contributed by atoms with Gasteiger partial charge in [0.25, 0.3) is 0 Å². The third-order valence-corrected chi connectivity index (χ3v) is 1.70. The van der Waals surface area contributed by atoms with Gasteiger partial charge in [0.1, 0.15) is 0 Å². The molecule has 1 rings (SSSR count). The Labute approximate surface area is 75.2 Å². The van der Waals surface area contributed by atoms with Crippen LogP contribution in [0.2, 0.25) is 0 Å². The Kier molecular flexibility index (Phi) is 3.09. The number of rotatable bonds is 3. The number of aromatic nitrogens is 3. The Morgan fingerprint density at radius 2 is 2.17 bits per heavy atom. The maximum atomic E-state index is 5.45. The first-order chi connectivity index (χ1) is 5.76. The fourth-order valence-electron chi connectivity index (χ4n) is 0.701. The molecule has 0 radical (unpaired) electrons. The lowest BCUT2D eigenvalue weighted by Gasteiger charge is -2.02. The van der Waals surface area contributed by atoms with E-state index in [1.54, 1.807) is 0 Å².